The number of hydrogen-bond donors (Lipinski definition) is 2. The zero-order valence-electron chi connectivity index (χ0n) is 22.2. The van der Waals surface area contributed by atoms with Gasteiger partial charge in [-0.3, -0.25) is 4.79 Å². The van der Waals surface area contributed by atoms with Crippen LogP contribution in [0.2, 0.25) is 0 Å². The van der Waals surface area contributed by atoms with Gasteiger partial charge in [0, 0.05) is 38.1 Å². The summed E-state index contributed by atoms with van der Waals surface area (Å²) in [4.78, 5) is 23.3. The highest BCUT2D eigenvalue weighted by atomic mass is 16.2. The molecule has 2 N–H and O–H groups in total. The third-order valence-corrected chi connectivity index (χ3v) is 6.88. The zero-order valence-corrected chi connectivity index (χ0v) is 22.2. The Morgan fingerprint density at radius 3 is 2.49 bits per heavy atom. The molecular formula is C28H34N8O. The van der Waals surface area contributed by atoms with Gasteiger partial charge in [-0.25, -0.2) is 9.67 Å². The first-order chi connectivity index (χ1) is 17.7. The average molecular weight is 499 g/mol. The lowest BCUT2D eigenvalue weighted by molar-refractivity contribution is -0.119. The number of rotatable bonds is 5. The van der Waals surface area contributed by atoms with Crippen LogP contribution in [0.25, 0.3) is 5.69 Å². The number of para-hydroxylation sites is 1. The van der Waals surface area contributed by atoms with Gasteiger partial charge in [-0.15, -0.1) is 0 Å². The maximum absolute atomic E-state index is 12.8. The van der Waals surface area contributed by atoms with Gasteiger partial charge in [-0.05, 0) is 64.1 Å². The van der Waals surface area contributed by atoms with Gasteiger partial charge < -0.3 is 25.3 Å². The smallest absolute Gasteiger partial charge is 0.249 e. The van der Waals surface area contributed by atoms with E-state index in [1.807, 2.05) is 93.4 Å². The van der Waals surface area contributed by atoms with Crippen molar-refractivity contribution in [3.05, 3.63) is 72.6 Å². The van der Waals surface area contributed by atoms with Gasteiger partial charge >= 0.3 is 0 Å². The number of guanidine groups is 1. The molecule has 0 radical (unpaired) electrons. The summed E-state index contributed by atoms with van der Waals surface area (Å²) in [5, 5.41) is 11.7. The number of nitrogens with one attached hydrogen (secondary N) is 2. The molecule has 0 bridgehead atoms. The Morgan fingerprint density at radius 2 is 1.76 bits per heavy atom. The molecule has 2 atom stereocenters. The van der Waals surface area contributed by atoms with E-state index in [1.54, 1.807) is 4.90 Å². The molecule has 1 aromatic heterocycles. The highest BCUT2D eigenvalue weighted by Gasteiger charge is 2.35. The number of fused-ring (bicyclic) bond motifs is 1. The lowest BCUT2D eigenvalue weighted by Gasteiger charge is -2.43. The summed E-state index contributed by atoms with van der Waals surface area (Å²) in [7, 11) is 3.83. The van der Waals surface area contributed by atoms with Crippen molar-refractivity contribution in [1.29, 1.82) is 0 Å². The Kier molecular flexibility index (Phi) is 6.37. The molecule has 9 nitrogen and oxygen atoms in total. The molecule has 3 heterocycles. The second-order valence-corrected chi connectivity index (χ2v) is 9.82. The van der Waals surface area contributed by atoms with E-state index in [0.29, 0.717) is 5.96 Å². The number of amides is 1. The number of likely N-dealkylation sites (N-methyl/N-ethyl adjacent to an activating group) is 2. The highest BCUT2D eigenvalue weighted by Crippen LogP contribution is 2.38. The Morgan fingerprint density at radius 1 is 1.00 bits per heavy atom. The minimum absolute atomic E-state index is 0.0994. The molecule has 1 amide bonds. The van der Waals surface area contributed by atoms with Gasteiger partial charge in [0.25, 0.3) is 0 Å². The number of carbonyl (C=O) groups excluding carboxylic acids is 1. The maximum atomic E-state index is 12.8. The molecule has 0 aliphatic carbocycles. The van der Waals surface area contributed by atoms with Gasteiger partial charge in [0.1, 0.15) is 18.0 Å². The van der Waals surface area contributed by atoms with E-state index in [9.17, 15) is 4.79 Å². The number of carbonyl (C=O) groups is 1. The molecule has 3 aromatic rings. The maximum Gasteiger partial charge on any atom is 0.249 e. The minimum atomic E-state index is -0.225. The van der Waals surface area contributed by atoms with E-state index in [4.69, 9.17) is 0 Å². The third-order valence-electron chi connectivity index (χ3n) is 6.88. The molecule has 0 spiro atoms. The fourth-order valence-corrected chi connectivity index (χ4v) is 5.00. The molecule has 0 saturated heterocycles. The van der Waals surface area contributed by atoms with Crippen LogP contribution in [0.5, 0.6) is 0 Å². The predicted octanol–water partition coefficient (Wildman–Crippen LogP) is 4.43. The van der Waals surface area contributed by atoms with Crippen molar-refractivity contribution in [3.8, 4) is 5.69 Å². The fraction of sp³-hybridized carbons (Fsp3) is 0.321. The summed E-state index contributed by atoms with van der Waals surface area (Å²) in [6, 6.07) is 18.2. The van der Waals surface area contributed by atoms with Crippen LogP contribution in [0, 0.1) is 6.92 Å². The van der Waals surface area contributed by atoms with Crippen molar-refractivity contribution < 1.29 is 4.79 Å². The van der Waals surface area contributed by atoms with Gasteiger partial charge in [0.15, 0.2) is 0 Å². The van der Waals surface area contributed by atoms with Crippen molar-refractivity contribution in [1.82, 2.24) is 14.7 Å². The van der Waals surface area contributed by atoms with Crippen LogP contribution in [0.1, 0.15) is 26.5 Å². The van der Waals surface area contributed by atoms with Crippen LogP contribution in [0.3, 0.4) is 0 Å². The Hall–Kier alpha value is -4.27. The number of aryl methyl sites for hydroxylation is 1. The third kappa shape index (κ3) is 4.52. The standard InChI is InChI=1S/C28H34N8O/c1-18(2)35-20(4)27(37)33(5)23-13-12-21(17-24(23)35)30-28-29-15-14-25(34(28)6)31-26-16-19(3)32-36(26)22-10-8-7-9-11-22/h7-18,20,25,31H,1-6H3,(H,29,30)/t20-,25?/m1/s1. The summed E-state index contributed by atoms with van der Waals surface area (Å²) < 4.78 is 1.92. The molecule has 37 heavy (non-hydrogen) atoms. The molecule has 0 saturated carbocycles. The molecular weight excluding hydrogens is 464 g/mol. The van der Waals surface area contributed by atoms with Crippen LogP contribution in [0.4, 0.5) is 22.9 Å². The van der Waals surface area contributed by atoms with Crippen molar-refractivity contribution in [2.45, 2.75) is 45.9 Å². The highest BCUT2D eigenvalue weighted by molar-refractivity contribution is 6.06. The molecule has 9 heteroatoms. The zero-order chi connectivity index (χ0) is 26.3. The van der Waals surface area contributed by atoms with Crippen LogP contribution in [0.15, 0.2) is 71.9 Å². The van der Waals surface area contributed by atoms with E-state index in [-0.39, 0.29) is 24.2 Å². The summed E-state index contributed by atoms with van der Waals surface area (Å²) in [5.74, 6) is 1.71. The van der Waals surface area contributed by atoms with E-state index >= 15 is 0 Å². The quantitative estimate of drug-likeness (QED) is 0.542. The van der Waals surface area contributed by atoms with Gasteiger partial charge in [-0.1, -0.05) is 18.2 Å². The number of nitrogens with zero attached hydrogens (tertiary/aromatic N) is 6. The number of aliphatic imine (C=N–C) groups is 1. The first-order valence-electron chi connectivity index (χ1n) is 12.6. The lowest BCUT2D eigenvalue weighted by atomic mass is 10.0. The van der Waals surface area contributed by atoms with E-state index < -0.39 is 0 Å². The number of benzene rings is 2. The Bertz CT molecular complexity index is 1360. The summed E-state index contributed by atoms with van der Waals surface area (Å²) in [6.07, 6.45) is 3.69. The van der Waals surface area contributed by atoms with Gasteiger partial charge in [-0.2, -0.15) is 5.10 Å². The van der Waals surface area contributed by atoms with Crippen LogP contribution in [-0.2, 0) is 4.79 Å². The molecule has 2 aromatic carbocycles. The normalized spacial score (nSPS) is 19.3. The number of hydrogen-bond acceptors (Lipinski definition) is 7. The number of aromatic nitrogens is 2. The monoisotopic (exact) mass is 498 g/mol. The Balaban J connectivity index is 1.37. The summed E-state index contributed by atoms with van der Waals surface area (Å²) in [6.45, 7) is 8.17. The summed E-state index contributed by atoms with van der Waals surface area (Å²) >= 11 is 0. The van der Waals surface area contributed by atoms with Crippen molar-refractivity contribution in [3.63, 3.8) is 0 Å². The summed E-state index contributed by atoms with van der Waals surface area (Å²) in [5.41, 5.74) is 4.77. The van der Waals surface area contributed by atoms with Crippen LogP contribution in [-0.4, -0.2) is 58.9 Å². The largest absolute Gasteiger partial charge is 0.356 e. The molecule has 1 unspecified atom stereocenters. The van der Waals surface area contributed by atoms with Crippen molar-refractivity contribution in [2.75, 3.05) is 34.5 Å². The van der Waals surface area contributed by atoms with Crippen molar-refractivity contribution in [2.24, 2.45) is 4.99 Å². The second-order valence-electron chi connectivity index (χ2n) is 9.82. The number of anilines is 4. The van der Waals surface area contributed by atoms with Crippen molar-refractivity contribution >= 4 is 34.7 Å². The molecule has 0 fully saturated rings. The van der Waals surface area contributed by atoms with E-state index in [2.05, 4.69) is 50.4 Å². The first kappa shape index (κ1) is 24.4. The fourth-order valence-electron chi connectivity index (χ4n) is 5.00. The van der Waals surface area contributed by atoms with Crippen LogP contribution < -0.4 is 20.4 Å². The lowest BCUT2D eigenvalue weighted by Crippen LogP contribution is -2.53. The topological polar surface area (TPSA) is 81.0 Å². The minimum Gasteiger partial charge on any atom is -0.356 e. The van der Waals surface area contributed by atoms with Gasteiger partial charge in [0.2, 0.25) is 11.9 Å². The SMILES string of the molecule is Cc1cc(NC2C=CN=C(Nc3ccc4c(c3)N(C(C)C)[C@H](C)C(=O)N4C)N2C)n(-c2ccccc2)n1. The van der Waals surface area contributed by atoms with E-state index in [0.717, 1.165) is 34.3 Å². The first-order valence-corrected chi connectivity index (χ1v) is 12.6. The van der Waals surface area contributed by atoms with Crippen LogP contribution >= 0.6 is 0 Å². The van der Waals surface area contributed by atoms with Gasteiger partial charge in [0.05, 0.1) is 22.8 Å². The second kappa shape index (κ2) is 9.65. The molecule has 2 aliphatic rings. The predicted molar refractivity (Wildman–Crippen MR) is 151 cm³/mol. The molecule has 192 valence electrons. The Labute approximate surface area is 218 Å². The average Bonchev–Trinajstić information content (AvgIpc) is 3.25. The molecule has 2 aliphatic heterocycles. The molecule has 5 rings (SSSR count). The van der Waals surface area contributed by atoms with E-state index in [1.165, 1.54) is 0 Å².